The largest absolute Gasteiger partial charge is 0.467 e. The summed E-state index contributed by atoms with van der Waals surface area (Å²) in [6, 6.07) is 1.80. The van der Waals surface area contributed by atoms with Crippen LogP contribution in [-0.2, 0) is 11.3 Å². The first-order valence-electron chi connectivity index (χ1n) is 4.20. The minimum atomic E-state index is -0.730. The number of hydrogen-bond acceptors (Lipinski definition) is 3. The Hall–Kier alpha value is -0.810. The van der Waals surface area contributed by atoms with E-state index in [2.05, 4.69) is 21.2 Å². The van der Waals surface area contributed by atoms with Gasteiger partial charge >= 0.3 is 0 Å². The Kier molecular flexibility index (Phi) is 3.34. The van der Waals surface area contributed by atoms with Crippen LogP contribution in [0.15, 0.2) is 21.2 Å². The highest BCUT2D eigenvalue weighted by atomic mass is 79.9. The predicted octanol–water partition coefficient (Wildman–Crippen LogP) is 1.40. The average molecular weight is 261 g/mol. The summed E-state index contributed by atoms with van der Waals surface area (Å²) >= 11 is 3.32. The third kappa shape index (κ3) is 2.59. The second kappa shape index (κ2) is 4.14. The quantitative estimate of drug-likeness (QED) is 0.860. The Morgan fingerprint density at radius 1 is 1.71 bits per heavy atom. The van der Waals surface area contributed by atoms with Crippen LogP contribution >= 0.6 is 15.9 Å². The zero-order valence-corrected chi connectivity index (χ0v) is 9.72. The molecular formula is C9H13BrN2O2. The fourth-order valence-electron chi connectivity index (χ4n) is 0.840. The van der Waals surface area contributed by atoms with Crippen LogP contribution in [-0.4, -0.2) is 11.4 Å². The van der Waals surface area contributed by atoms with E-state index in [9.17, 15) is 4.79 Å². The molecule has 0 aliphatic carbocycles. The fourth-order valence-corrected chi connectivity index (χ4v) is 1.18. The zero-order chi connectivity index (χ0) is 10.8. The molecule has 4 nitrogen and oxygen atoms in total. The van der Waals surface area contributed by atoms with Gasteiger partial charge in [0.1, 0.15) is 5.76 Å². The van der Waals surface area contributed by atoms with E-state index in [1.165, 1.54) is 0 Å². The second-order valence-electron chi connectivity index (χ2n) is 3.53. The van der Waals surface area contributed by atoms with Gasteiger partial charge in [0, 0.05) is 0 Å². The second-order valence-corrected chi connectivity index (χ2v) is 4.39. The van der Waals surface area contributed by atoms with Gasteiger partial charge in [-0.05, 0) is 35.8 Å². The number of nitrogens with two attached hydrogens (primary N) is 1. The molecule has 0 atom stereocenters. The van der Waals surface area contributed by atoms with Crippen molar-refractivity contribution in [3.63, 3.8) is 0 Å². The Balaban J connectivity index is 2.57. The molecule has 0 saturated heterocycles. The molecule has 0 radical (unpaired) electrons. The molecule has 0 saturated carbocycles. The Bertz CT molecular complexity index is 333. The van der Waals surface area contributed by atoms with E-state index in [4.69, 9.17) is 10.2 Å². The molecule has 78 valence electrons. The summed E-state index contributed by atoms with van der Waals surface area (Å²) in [4.78, 5) is 11.0. The topological polar surface area (TPSA) is 68.3 Å². The van der Waals surface area contributed by atoms with E-state index in [0.29, 0.717) is 6.54 Å². The number of halogens is 1. The lowest BCUT2D eigenvalue weighted by atomic mass is 10.1. The molecule has 1 amide bonds. The SMILES string of the molecule is CC(C)(NCc1occc1Br)C(N)=O. The standard InChI is InChI=1S/C9H13BrN2O2/c1-9(2,8(11)13)12-5-7-6(10)3-4-14-7/h3-4,12H,5H2,1-2H3,(H2,11,13). The summed E-state index contributed by atoms with van der Waals surface area (Å²) in [5, 5.41) is 3.00. The molecule has 0 aliphatic heterocycles. The number of carbonyl (C=O) groups excluding carboxylic acids is 1. The zero-order valence-electron chi connectivity index (χ0n) is 8.13. The van der Waals surface area contributed by atoms with Crippen LogP contribution in [0.3, 0.4) is 0 Å². The molecule has 0 spiro atoms. The number of nitrogens with one attached hydrogen (secondary N) is 1. The van der Waals surface area contributed by atoms with Gasteiger partial charge in [0.25, 0.3) is 0 Å². The molecule has 0 aromatic carbocycles. The van der Waals surface area contributed by atoms with Crippen molar-refractivity contribution < 1.29 is 9.21 Å². The first kappa shape index (κ1) is 11.3. The van der Waals surface area contributed by atoms with Crippen molar-refractivity contribution in [2.24, 2.45) is 5.73 Å². The third-order valence-corrected chi connectivity index (χ3v) is 2.70. The van der Waals surface area contributed by atoms with Crippen LogP contribution in [0.4, 0.5) is 0 Å². The normalized spacial score (nSPS) is 11.6. The van der Waals surface area contributed by atoms with Crippen LogP contribution in [0.5, 0.6) is 0 Å². The maximum absolute atomic E-state index is 11.0. The Morgan fingerprint density at radius 2 is 2.36 bits per heavy atom. The maximum atomic E-state index is 11.0. The van der Waals surface area contributed by atoms with E-state index in [0.717, 1.165) is 10.2 Å². The summed E-state index contributed by atoms with van der Waals surface area (Å²) in [5.41, 5.74) is 4.47. The van der Waals surface area contributed by atoms with Crippen molar-refractivity contribution >= 4 is 21.8 Å². The Labute approximate surface area is 91.0 Å². The molecule has 1 aromatic rings. The molecule has 14 heavy (non-hydrogen) atoms. The first-order valence-corrected chi connectivity index (χ1v) is 4.99. The van der Waals surface area contributed by atoms with Gasteiger partial charge in [0.15, 0.2) is 0 Å². The first-order chi connectivity index (χ1) is 6.43. The molecule has 0 bridgehead atoms. The van der Waals surface area contributed by atoms with Gasteiger partial charge in [-0.15, -0.1) is 0 Å². The lowest BCUT2D eigenvalue weighted by Crippen LogP contribution is -2.50. The van der Waals surface area contributed by atoms with E-state index < -0.39 is 5.54 Å². The number of furan rings is 1. The summed E-state index contributed by atoms with van der Waals surface area (Å²) < 4.78 is 6.06. The molecule has 0 unspecified atom stereocenters. The van der Waals surface area contributed by atoms with E-state index in [1.807, 2.05) is 0 Å². The summed E-state index contributed by atoms with van der Waals surface area (Å²) in [5.74, 6) is 0.361. The molecule has 0 aliphatic rings. The number of primary amides is 1. The highest BCUT2D eigenvalue weighted by molar-refractivity contribution is 9.10. The summed E-state index contributed by atoms with van der Waals surface area (Å²) in [6.07, 6.45) is 1.58. The smallest absolute Gasteiger partial charge is 0.237 e. The van der Waals surface area contributed by atoms with Gasteiger partial charge in [-0.25, -0.2) is 0 Å². The third-order valence-electron chi connectivity index (χ3n) is 2.00. The van der Waals surface area contributed by atoms with Crippen molar-refractivity contribution in [3.05, 3.63) is 22.6 Å². The molecular weight excluding hydrogens is 248 g/mol. The fraction of sp³-hybridized carbons (Fsp3) is 0.444. The summed E-state index contributed by atoms with van der Waals surface area (Å²) in [7, 11) is 0. The molecule has 1 heterocycles. The lowest BCUT2D eigenvalue weighted by molar-refractivity contribution is -0.123. The van der Waals surface area contributed by atoms with Crippen molar-refractivity contribution in [1.29, 1.82) is 0 Å². The number of rotatable bonds is 4. The van der Waals surface area contributed by atoms with Gasteiger partial charge in [-0.2, -0.15) is 0 Å². The average Bonchev–Trinajstić information content (AvgIpc) is 2.47. The van der Waals surface area contributed by atoms with Crippen molar-refractivity contribution in [2.75, 3.05) is 0 Å². The van der Waals surface area contributed by atoms with Crippen molar-refractivity contribution in [1.82, 2.24) is 5.32 Å². The summed E-state index contributed by atoms with van der Waals surface area (Å²) in [6.45, 7) is 3.92. The van der Waals surface area contributed by atoms with E-state index >= 15 is 0 Å². The van der Waals surface area contributed by atoms with Gasteiger partial charge < -0.3 is 10.2 Å². The number of hydrogen-bond donors (Lipinski definition) is 2. The van der Waals surface area contributed by atoms with Crippen molar-refractivity contribution in [3.8, 4) is 0 Å². The van der Waals surface area contributed by atoms with Gasteiger partial charge in [-0.1, -0.05) is 0 Å². The van der Waals surface area contributed by atoms with Crippen LogP contribution in [0.1, 0.15) is 19.6 Å². The molecule has 1 aromatic heterocycles. The van der Waals surface area contributed by atoms with E-state index in [-0.39, 0.29) is 5.91 Å². The lowest BCUT2D eigenvalue weighted by Gasteiger charge is -2.21. The van der Waals surface area contributed by atoms with Crippen LogP contribution in [0, 0.1) is 0 Å². The van der Waals surface area contributed by atoms with Crippen LogP contribution in [0.2, 0.25) is 0 Å². The van der Waals surface area contributed by atoms with Gasteiger partial charge in [0.2, 0.25) is 5.91 Å². The minimum absolute atomic E-state index is 0.389. The highest BCUT2D eigenvalue weighted by Crippen LogP contribution is 2.17. The maximum Gasteiger partial charge on any atom is 0.237 e. The minimum Gasteiger partial charge on any atom is -0.467 e. The molecule has 3 N–H and O–H groups in total. The molecule has 0 fully saturated rings. The molecule has 5 heteroatoms. The Morgan fingerprint density at radius 3 is 2.79 bits per heavy atom. The number of carbonyl (C=O) groups is 1. The highest BCUT2D eigenvalue weighted by Gasteiger charge is 2.24. The number of amides is 1. The van der Waals surface area contributed by atoms with Crippen LogP contribution in [0.25, 0.3) is 0 Å². The van der Waals surface area contributed by atoms with Crippen LogP contribution < -0.4 is 11.1 Å². The van der Waals surface area contributed by atoms with Gasteiger partial charge in [-0.3, -0.25) is 10.1 Å². The molecule has 1 rings (SSSR count). The van der Waals surface area contributed by atoms with Gasteiger partial charge in [0.05, 0.1) is 22.8 Å². The monoisotopic (exact) mass is 260 g/mol. The van der Waals surface area contributed by atoms with E-state index in [1.54, 1.807) is 26.2 Å². The predicted molar refractivity (Wildman–Crippen MR) is 56.5 cm³/mol. The van der Waals surface area contributed by atoms with Crippen molar-refractivity contribution in [2.45, 2.75) is 25.9 Å².